The van der Waals surface area contributed by atoms with Crippen LogP contribution in [0, 0.1) is 11.2 Å². The van der Waals surface area contributed by atoms with Crippen LogP contribution in [0.2, 0.25) is 0 Å². The van der Waals surface area contributed by atoms with Gasteiger partial charge in [-0.1, -0.05) is 6.92 Å². The van der Waals surface area contributed by atoms with Crippen LogP contribution in [0.1, 0.15) is 26.2 Å². The van der Waals surface area contributed by atoms with E-state index in [0.29, 0.717) is 18.1 Å². The lowest BCUT2D eigenvalue weighted by atomic mass is 9.89. The van der Waals surface area contributed by atoms with Crippen molar-refractivity contribution in [1.29, 1.82) is 0 Å². The molecule has 2 atom stereocenters. The molecular weight excluding hydrogens is 267 g/mol. The zero-order chi connectivity index (χ0) is 14.7. The van der Waals surface area contributed by atoms with E-state index in [9.17, 15) is 4.39 Å². The van der Waals surface area contributed by atoms with E-state index < -0.39 is 0 Å². The van der Waals surface area contributed by atoms with Gasteiger partial charge in [-0.25, -0.2) is 4.39 Å². The van der Waals surface area contributed by atoms with Crippen molar-refractivity contribution in [3.63, 3.8) is 0 Å². The highest BCUT2D eigenvalue weighted by atomic mass is 19.1. The van der Waals surface area contributed by atoms with Crippen LogP contribution in [0.15, 0.2) is 24.3 Å². The van der Waals surface area contributed by atoms with E-state index in [1.54, 1.807) is 12.1 Å². The fourth-order valence-electron chi connectivity index (χ4n) is 3.51. The normalized spacial score (nSPS) is 29.9. The number of halogens is 1. The smallest absolute Gasteiger partial charge is 0.123 e. The Bertz CT molecular complexity index is 456. The fraction of sp³-hybridized carbons (Fsp3) is 0.647. The summed E-state index contributed by atoms with van der Waals surface area (Å²) in [7, 11) is 0. The third-order valence-electron chi connectivity index (χ3n) is 4.80. The second-order valence-corrected chi connectivity index (χ2v) is 6.77. The number of rotatable bonds is 5. The molecule has 0 aromatic heterocycles. The molecule has 3 rings (SSSR count). The zero-order valence-electron chi connectivity index (χ0n) is 12.8. The van der Waals surface area contributed by atoms with E-state index >= 15 is 0 Å². The second-order valence-electron chi connectivity index (χ2n) is 6.77. The summed E-state index contributed by atoms with van der Waals surface area (Å²) in [5.41, 5.74) is 0.401. The quantitative estimate of drug-likeness (QED) is 0.903. The van der Waals surface area contributed by atoms with Crippen LogP contribution in [-0.2, 0) is 0 Å². The van der Waals surface area contributed by atoms with Gasteiger partial charge in [0.2, 0.25) is 0 Å². The monoisotopic (exact) mass is 292 g/mol. The predicted octanol–water partition coefficient (Wildman–Crippen LogP) is 2.67. The molecule has 0 aliphatic carbocycles. The molecule has 2 saturated heterocycles. The van der Waals surface area contributed by atoms with Crippen molar-refractivity contribution in [2.75, 3.05) is 32.8 Å². The summed E-state index contributed by atoms with van der Waals surface area (Å²) in [6.07, 6.45) is 3.71. The van der Waals surface area contributed by atoms with Crippen LogP contribution in [0.5, 0.6) is 5.75 Å². The largest absolute Gasteiger partial charge is 0.492 e. The highest BCUT2D eigenvalue weighted by Crippen LogP contribution is 2.29. The fourth-order valence-corrected chi connectivity index (χ4v) is 3.51. The maximum atomic E-state index is 12.9. The van der Waals surface area contributed by atoms with Gasteiger partial charge in [-0.3, -0.25) is 4.90 Å². The van der Waals surface area contributed by atoms with Crippen molar-refractivity contribution in [3.8, 4) is 5.75 Å². The second kappa shape index (κ2) is 6.32. The Balaban J connectivity index is 1.53. The summed E-state index contributed by atoms with van der Waals surface area (Å²) in [6.45, 7) is 7.67. The van der Waals surface area contributed by atoms with Crippen LogP contribution in [0.3, 0.4) is 0 Å². The van der Waals surface area contributed by atoms with Crippen LogP contribution >= 0.6 is 0 Å². The van der Waals surface area contributed by atoms with E-state index in [2.05, 4.69) is 17.1 Å². The summed E-state index contributed by atoms with van der Waals surface area (Å²) in [5.74, 6) is 0.545. The lowest BCUT2D eigenvalue weighted by molar-refractivity contribution is 0.126. The van der Waals surface area contributed by atoms with Crippen molar-refractivity contribution < 1.29 is 9.13 Å². The summed E-state index contributed by atoms with van der Waals surface area (Å²) >= 11 is 0. The molecular formula is C17H25FN2O. The molecule has 4 heteroatoms. The summed E-state index contributed by atoms with van der Waals surface area (Å²) in [6, 6.07) is 6.81. The first-order valence-corrected chi connectivity index (χ1v) is 7.98. The van der Waals surface area contributed by atoms with Gasteiger partial charge in [-0.15, -0.1) is 0 Å². The van der Waals surface area contributed by atoms with Crippen molar-refractivity contribution in [3.05, 3.63) is 30.1 Å². The van der Waals surface area contributed by atoms with Crippen LogP contribution in [-0.4, -0.2) is 43.7 Å². The van der Waals surface area contributed by atoms with Gasteiger partial charge in [0.25, 0.3) is 0 Å². The van der Waals surface area contributed by atoms with Crippen molar-refractivity contribution in [1.82, 2.24) is 10.2 Å². The van der Waals surface area contributed by atoms with Gasteiger partial charge < -0.3 is 10.1 Å². The molecule has 0 radical (unpaired) electrons. The Morgan fingerprint density at radius 3 is 2.90 bits per heavy atom. The SMILES string of the molecule is CC1(CN2CCCC2COc2ccc(F)cc2)CCNC1. The van der Waals surface area contributed by atoms with Gasteiger partial charge in [0.05, 0.1) is 0 Å². The van der Waals surface area contributed by atoms with Gasteiger partial charge in [0.15, 0.2) is 0 Å². The first kappa shape index (κ1) is 14.8. The van der Waals surface area contributed by atoms with Crippen LogP contribution in [0.25, 0.3) is 0 Å². The standard InChI is InChI=1S/C17H25FN2O/c1-17(8-9-19-12-17)13-20-10-2-3-15(20)11-21-16-6-4-14(18)5-7-16/h4-7,15,19H,2-3,8-13H2,1H3. The van der Waals surface area contributed by atoms with Crippen molar-refractivity contribution in [2.24, 2.45) is 5.41 Å². The van der Waals surface area contributed by atoms with Gasteiger partial charge >= 0.3 is 0 Å². The van der Waals surface area contributed by atoms with Gasteiger partial charge in [0, 0.05) is 19.1 Å². The van der Waals surface area contributed by atoms with Crippen molar-refractivity contribution >= 4 is 0 Å². The Morgan fingerprint density at radius 2 is 2.19 bits per heavy atom. The number of nitrogens with zero attached hydrogens (tertiary/aromatic N) is 1. The molecule has 2 aliphatic rings. The summed E-state index contributed by atoms with van der Waals surface area (Å²) in [4.78, 5) is 2.58. The zero-order valence-corrected chi connectivity index (χ0v) is 12.8. The minimum atomic E-state index is -0.216. The van der Waals surface area contributed by atoms with Gasteiger partial charge in [0.1, 0.15) is 18.2 Å². The maximum absolute atomic E-state index is 12.9. The third kappa shape index (κ3) is 3.74. The molecule has 21 heavy (non-hydrogen) atoms. The average molecular weight is 292 g/mol. The van der Waals surface area contributed by atoms with E-state index in [0.717, 1.165) is 25.4 Å². The molecule has 2 fully saturated rings. The number of ether oxygens (including phenoxy) is 1. The highest BCUT2D eigenvalue weighted by Gasteiger charge is 2.35. The molecule has 2 unspecified atom stereocenters. The van der Waals surface area contributed by atoms with Gasteiger partial charge in [-0.2, -0.15) is 0 Å². The number of hydrogen-bond donors (Lipinski definition) is 1. The van der Waals surface area contributed by atoms with Crippen LogP contribution < -0.4 is 10.1 Å². The molecule has 1 aromatic carbocycles. The van der Waals surface area contributed by atoms with Crippen LogP contribution in [0.4, 0.5) is 4.39 Å². The molecule has 1 aromatic rings. The Kier molecular flexibility index (Phi) is 4.45. The minimum absolute atomic E-state index is 0.216. The molecule has 0 spiro atoms. The number of nitrogens with one attached hydrogen (secondary N) is 1. The van der Waals surface area contributed by atoms with E-state index in [1.807, 2.05) is 0 Å². The molecule has 0 saturated carbocycles. The van der Waals surface area contributed by atoms with E-state index in [1.165, 1.54) is 37.9 Å². The van der Waals surface area contributed by atoms with E-state index in [4.69, 9.17) is 4.74 Å². The molecule has 2 aliphatic heterocycles. The van der Waals surface area contributed by atoms with Crippen molar-refractivity contribution in [2.45, 2.75) is 32.2 Å². The Labute approximate surface area is 126 Å². The third-order valence-corrected chi connectivity index (χ3v) is 4.80. The Morgan fingerprint density at radius 1 is 1.38 bits per heavy atom. The van der Waals surface area contributed by atoms with Gasteiger partial charge in [-0.05, 0) is 62.0 Å². The molecule has 3 nitrogen and oxygen atoms in total. The molecule has 0 amide bonds. The number of likely N-dealkylation sites (tertiary alicyclic amines) is 1. The molecule has 116 valence electrons. The molecule has 0 bridgehead atoms. The lowest BCUT2D eigenvalue weighted by Gasteiger charge is -2.33. The molecule has 2 heterocycles. The number of hydrogen-bond acceptors (Lipinski definition) is 3. The van der Waals surface area contributed by atoms with E-state index in [-0.39, 0.29) is 5.82 Å². The maximum Gasteiger partial charge on any atom is 0.123 e. The lowest BCUT2D eigenvalue weighted by Crippen LogP contribution is -2.42. The average Bonchev–Trinajstić information content (AvgIpc) is 3.08. The minimum Gasteiger partial charge on any atom is -0.492 e. The Hall–Kier alpha value is -1.13. The highest BCUT2D eigenvalue weighted by molar-refractivity contribution is 5.22. The number of benzene rings is 1. The first-order valence-electron chi connectivity index (χ1n) is 7.98. The predicted molar refractivity (Wildman–Crippen MR) is 82.1 cm³/mol. The first-order chi connectivity index (χ1) is 10.1. The summed E-state index contributed by atoms with van der Waals surface area (Å²) < 4.78 is 18.7. The summed E-state index contributed by atoms with van der Waals surface area (Å²) in [5, 5.41) is 3.47. The topological polar surface area (TPSA) is 24.5 Å². The molecule has 1 N–H and O–H groups in total.